The van der Waals surface area contributed by atoms with E-state index in [-0.39, 0.29) is 16.8 Å². The first kappa shape index (κ1) is 20.8. The number of rotatable bonds is 4. The van der Waals surface area contributed by atoms with Crippen molar-refractivity contribution >= 4 is 5.87 Å². The quantitative estimate of drug-likeness (QED) is 0.386. The molecule has 1 aliphatic rings. The highest BCUT2D eigenvalue weighted by molar-refractivity contribution is 5.74. The summed E-state index contributed by atoms with van der Waals surface area (Å²) in [6.07, 6.45) is 3.66. The van der Waals surface area contributed by atoms with Crippen LogP contribution in [0.4, 0.5) is 0 Å². The molecule has 0 unspecified atom stereocenters. The number of aromatic nitrogens is 1. The molecular formula is C26H19N5O. The van der Waals surface area contributed by atoms with Gasteiger partial charge in [-0.1, -0.05) is 66.7 Å². The van der Waals surface area contributed by atoms with Crippen molar-refractivity contribution in [2.45, 2.75) is 17.7 Å². The van der Waals surface area contributed by atoms with Crippen LogP contribution in [0.3, 0.4) is 0 Å². The molecule has 0 radical (unpaired) electrons. The monoisotopic (exact) mass is 417 g/mol. The molecule has 4 rings (SSSR count). The first-order valence-corrected chi connectivity index (χ1v) is 10.0. The van der Waals surface area contributed by atoms with Crippen LogP contribution in [0.15, 0.2) is 108 Å². The smallest absolute Gasteiger partial charge is 0.227 e. The Morgan fingerprint density at radius 1 is 0.938 bits per heavy atom. The lowest BCUT2D eigenvalue weighted by Gasteiger charge is -2.43. The summed E-state index contributed by atoms with van der Waals surface area (Å²) in [6.45, 7) is 0. The Bertz CT molecular complexity index is 1280. The number of benzene rings is 2. The van der Waals surface area contributed by atoms with Crippen molar-refractivity contribution in [3.8, 4) is 12.1 Å². The normalized spacial score (nSPS) is 22.1. The van der Waals surface area contributed by atoms with Gasteiger partial charge in [0, 0.05) is 17.7 Å². The molecule has 32 heavy (non-hydrogen) atoms. The van der Waals surface area contributed by atoms with E-state index in [2.05, 4.69) is 11.4 Å². The van der Waals surface area contributed by atoms with Crippen LogP contribution in [0.5, 0.6) is 0 Å². The summed E-state index contributed by atoms with van der Waals surface area (Å²) < 4.78 is 1.85. The van der Waals surface area contributed by atoms with Crippen LogP contribution in [-0.2, 0) is 5.72 Å². The van der Waals surface area contributed by atoms with Gasteiger partial charge in [-0.3, -0.25) is 0 Å². The maximum atomic E-state index is 12.2. The van der Waals surface area contributed by atoms with Gasteiger partial charge in [-0.2, -0.15) is 15.1 Å². The molecule has 0 amide bonds. The van der Waals surface area contributed by atoms with Gasteiger partial charge >= 0.3 is 0 Å². The number of nitrogens with zero attached hydrogens (tertiary/aromatic N) is 4. The average molecular weight is 417 g/mol. The van der Waals surface area contributed by atoms with E-state index in [1.54, 1.807) is 12.1 Å². The SMILES string of the molecule is N#CC(=C=[N-])C1=C(C#N)[C@H](c2ccccc2)[C@@H]([n+]2ccccc2)[C@](O)(c2ccccc2)N1. The Hall–Kier alpha value is -4.48. The highest BCUT2D eigenvalue weighted by atomic mass is 16.3. The Balaban J connectivity index is 2.10. The van der Waals surface area contributed by atoms with E-state index in [0.29, 0.717) is 5.56 Å². The molecule has 2 aromatic carbocycles. The molecule has 0 spiro atoms. The van der Waals surface area contributed by atoms with Crippen LogP contribution in [0.1, 0.15) is 23.1 Å². The molecule has 0 bridgehead atoms. The van der Waals surface area contributed by atoms with Crippen LogP contribution < -0.4 is 9.88 Å². The van der Waals surface area contributed by atoms with Gasteiger partial charge in [0.05, 0.1) is 28.8 Å². The van der Waals surface area contributed by atoms with Crippen LogP contribution in [0.2, 0.25) is 0 Å². The maximum absolute atomic E-state index is 12.2. The van der Waals surface area contributed by atoms with E-state index in [4.69, 9.17) is 0 Å². The Kier molecular flexibility index (Phi) is 5.66. The first-order valence-electron chi connectivity index (χ1n) is 10.0. The minimum absolute atomic E-state index is 0.0467. The summed E-state index contributed by atoms with van der Waals surface area (Å²) in [4.78, 5) is 0. The maximum Gasteiger partial charge on any atom is 0.227 e. The second-order valence-electron chi connectivity index (χ2n) is 7.41. The van der Waals surface area contributed by atoms with Crippen molar-refractivity contribution in [2.75, 3.05) is 0 Å². The molecule has 0 aliphatic carbocycles. The molecule has 3 aromatic rings. The van der Waals surface area contributed by atoms with Gasteiger partial charge in [0.2, 0.25) is 11.8 Å². The molecule has 3 atom stereocenters. The lowest BCUT2D eigenvalue weighted by Crippen LogP contribution is -2.62. The van der Waals surface area contributed by atoms with E-state index in [0.717, 1.165) is 5.56 Å². The van der Waals surface area contributed by atoms with Gasteiger partial charge in [0.25, 0.3) is 0 Å². The predicted molar refractivity (Wildman–Crippen MR) is 118 cm³/mol. The second kappa shape index (κ2) is 8.71. The summed E-state index contributed by atoms with van der Waals surface area (Å²) in [7, 11) is 0. The molecule has 154 valence electrons. The average Bonchev–Trinajstić information content (AvgIpc) is 2.86. The van der Waals surface area contributed by atoms with Crippen LogP contribution in [0, 0.1) is 22.7 Å². The van der Waals surface area contributed by atoms with Gasteiger partial charge in [-0.15, -0.1) is 0 Å². The standard InChI is InChI=1S/C26H19N5O/c27-16-20(17-28)24-22(18-29)23(19-10-4-1-5-11-19)25(31-14-8-3-9-15-31)26(32,30-24)21-12-6-2-7-13-21/h1-15,23,25,30,32H/t23-,25+,26+/m0/s1. The molecule has 6 heteroatoms. The molecule has 0 saturated heterocycles. The van der Waals surface area contributed by atoms with Crippen LogP contribution >= 0.6 is 0 Å². The van der Waals surface area contributed by atoms with E-state index < -0.39 is 17.7 Å². The number of allylic oxidation sites excluding steroid dienone is 2. The fourth-order valence-corrected chi connectivity index (χ4v) is 4.28. The third-order valence-electron chi connectivity index (χ3n) is 5.67. The highest BCUT2D eigenvalue weighted by Gasteiger charge is 2.56. The molecule has 6 nitrogen and oxygen atoms in total. The van der Waals surface area contributed by atoms with Crippen molar-refractivity contribution in [1.82, 2.24) is 5.32 Å². The zero-order valence-electron chi connectivity index (χ0n) is 17.1. The molecule has 2 heterocycles. The summed E-state index contributed by atoms with van der Waals surface area (Å²) in [5, 5.41) is 44.6. The molecule has 2 N–H and O–H groups in total. The highest BCUT2D eigenvalue weighted by Crippen LogP contribution is 2.47. The Morgan fingerprint density at radius 2 is 1.53 bits per heavy atom. The van der Waals surface area contributed by atoms with Crippen molar-refractivity contribution < 1.29 is 9.67 Å². The third-order valence-corrected chi connectivity index (χ3v) is 5.67. The Morgan fingerprint density at radius 3 is 2.09 bits per heavy atom. The number of hydrogen-bond acceptors (Lipinski definition) is 4. The first-order chi connectivity index (χ1) is 15.6. The fraction of sp³-hybridized carbons (Fsp3) is 0.115. The van der Waals surface area contributed by atoms with Crippen molar-refractivity contribution in [2.24, 2.45) is 0 Å². The largest absolute Gasteiger partial charge is 0.762 e. The van der Waals surface area contributed by atoms with Crippen LogP contribution in [0.25, 0.3) is 5.41 Å². The topological polar surface area (TPSA) is 106 Å². The second-order valence-corrected chi connectivity index (χ2v) is 7.41. The third kappa shape index (κ3) is 3.47. The molecule has 1 aliphatic heterocycles. The molecular weight excluding hydrogens is 398 g/mol. The number of nitriles is 2. The number of pyridine rings is 1. The van der Waals surface area contributed by atoms with E-state index in [1.807, 2.05) is 95.6 Å². The molecule has 0 fully saturated rings. The molecule has 1 aromatic heterocycles. The lowest BCUT2D eigenvalue weighted by molar-refractivity contribution is -0.743. The van der Waals surface area contributed by atoms with Gasteiger partial charge < -0.3 is 15.8 Å². The Labute approximate surface area is 186 Å². The zero-order chi connectivity index (χ0) is 22.6. The zero-order valence-corrected chi connectivity index (χ0v) is 17.1. The summed E-state index contributed by atoms with van der Waals surface area (Å²) >= 11 is 0. The van der Waals surface area contributed by atoms with Gasteiger partial charge in [0.15, 0.2) is 12.4 Å². The molecule has 0 saturated carbocycles. The number of aliphatic hydroxyl groups is 1. The summed E-state index contributed by atoms with van der Waals surface area (Å²) in [5.41, 5.74) is -0.376. The number of hydrogen-bond donors (Lipinski definition) is 2. The van der Waals surface area contributed by atoms with E-state index >= 15 is 0 Å². The van der Waals surface area contributed by atoms with Crippen molar-refractivity contribution in [3.05, 3.63) is 125 Å². The summed E-state index contributed by atoms with van der Waals surface area (Å²) in [5.74, 6) is 1.24. The van der Waals surface area contributed by atoms with Crippen molar-refractivity contribution in [3.63, 3.8) is 0 Å². The van der Waals surface area contributed by atoms with Gasteiger partial charge in [0.1, 0.15) is 6.07 Å². The minimum Gasteiger partial charge on any atom is -0.762 e. The predicted octanol–water partition coefficient (Wildman–Crippen LogP) is 3.21. The van der Waals surface area contributed by atoms with Crippen molar-refractivity contribution in [1.29, 1.82) is 10.5 Å². The lowest BCUT2D eigenvalue weighted by atomic mass is 9.73. The number of nitrogens with one attached hydrogen (secondary N) is 1. The summed E-state index contributed by atoms with van der Waals surface area (Å²) in [6, 6.07) is 27.3. The fourth-order valence-electron chi connectivity index (χ4n) is 4.28. The van der Waals surface area contributed by atoms with Gasteiger partial charge in [-0.05, 0) is 5.56 Å². The van der Waals surface area contributed by atoms with E-state index in [1.165, 1.54) is 0 Å². The van der Waals surface area contributed by atoms with Gasteiger partial charge in [-0.25, -0.2) is 5.87 Å². The minimum atomic E-state index is -1.72. The van der Waals surface area contributed by atoms with E-state index in [9.17, 15) is 21.0 Å². The van der Waals surface area contributed by atoms with Crippen LogP contribution in [-0.4, -0.2) is 11.0 Å².